The summed E-state index contributed by atoms with van der Waals surface area (Å²) in [6.45, 7) is 0. The van der Waals surface area contributed by atoms with E-state index in [-0.39, 0.29) is 11.6 Å². The molecule has 0 atom stereocenters. The second-order valence-electron chi connectivity index (χ2n) is 2.88. The van der Waals surface area contributed by atoms with Gasteiger partial charge < -0.3 is 4.74 Å². The maximum atomic E-state index is 8.81. The summed E-state index contributed by atoms with van der Waals surface area (Å²) in [7, 11) is 0. The molecule has 5 heteroatoms. The van der Waals surface area contributed by atoms with Gasteiger partial charge in [-0.2, -0.15) is 5.26 Å². The average molecular weight is 323 g/mol. The van der Waals surface area contributed by atoms with Gasteiger partial charge in [0.15, 0.2) is 0 Å². The first kappa shape index (κ1) is 10.8. The molecule has 1 aromatic heterocycles. The van der Waals surface area contributed by atoms with Gasteiger partial charge in [0.25, 0.3) is 5.88 Å². The van der Waals surface area contributed by atoms with Gasteiger partial charge in [0.1, 0.15) is 11.8 Å². The summed E-state index contributed by atoms with van der Waals surface area (Å²) in [5.74, 6) is 0.864. The van der Waals surface area contributed by atoms with Crippen LogP contribution in [-0.2, 0) is 0 Å². The van der Waals surface area contributed by atoms with Gasteiger partial charge in [0, 0.05) is 16.0 Å². The van der Waals surface area contributed by atoms with E-state index in [4.69, 9.17) is 10.00 Å². The van der Waals surface area contributed by atoms with Gasteiger partial charge >= 0.3 is 0 Å². The molecule has 0 saturated heterocycles. The van der Waals surface area contributed by atoms with E-state index in [1.807, 2.05) is 30.3 Å². The van der Waals surface area contributed by atoms with E-state index in [1.54, 1.807) is 0 Å². The highest BCUT2D eigenvalue weighted by molar-refractivity contribution is 14.1. The third-order valence-electron chi connectivity index (χ3n) is 1.80. The molecular formula is C11H6IN3O. The summed E-state index contributed by atoms with van der Waals surface area (Å²) in [6, 6.07) is 9.39. The van der Waals surface area contributed by atoms with E-state index in [0.29, 0.717) is 5.75 Å². The number of aromatic nitrogens is 2. The van der Waals surface area contributed by atoms with Crippen molar-refractivity contribution in [3.63, 3.8) is 0 Å². The first-order chi connectivity index (χ1) is 7.79. The largest absolute Gasteiger partial charge is 0.436 e. The van der Waals surface area contributed by atoms with Crippen LogP contribution in [0.5, 0.6) is 11.6 Å². The SMILES string of the molecule is N#Cc1nccnc1Oc1ccc(I)cc1. The molecule has 0 aliphatic heterocycles. The van der Waals surface area contributed by atoms with Crippen molar-refractivity contribution in [2.75, 3.05) is 0 Å². The summed E-state index contributed by atoms with van der Waals surface area (Å²) in [5.41, 5.74) is 0.182. The van der Waals surface area contributed by atoms with Crippen molar-refractivity contribution in [2.24, 2.45) is 0 Å². The van der Waals surface area contributed by atoms with Crippen molar-refractivity contribution in [3.8, 4) is 17.7 Å². The van der Waals surface area contributed by atoms with Gasteiger partial charge in [0.05, 0.1) is 0 Å². The van der Waals surface area contributed by atoms with Crippen molar-refractivity contribution in [2.45, 2.75) is 0 Å². The molecule has 2 rings (SSSR count). The van der Waals surface area contributed by atoms with Crippen LogP contribution in [-0.4, -0.2) is 9.97 Å². The number of hydrogen-bond acceptors (Lipinski definition) is 4. The molecule has 16 heavy (non-hydrogen) atoms. The number of ether oxygens (including phenoxy) is 1. The zero-order chi connectivity index (χ0) is 11.4. The Hall–Kier alpha value is -1.68. The van der Waals surface area contributed by atoms with E-state index < -0.39 is 0 Å². The maximum Gasteiger partial charge on any atom is 0.256 e. The quantitative estimate of drug-likeness (QED) is 0.798. The topological polar surface area (TPSA) is 58.8 Å². The van der Waals surface area contributed by atoms with Crippen LogP contribution in [0.4, 0.5) is 0 Å². The summed E-state index contributed by atoms with van der Waals surface area (Å²) in [5, 5.41) is 8.81. The lowest BCUT2D eigenvalue weighted by Crippen LogP contribution is -1.93. The van der Waals surface area contributed by atoms with Gasteiger partial charge in [-0.25, -0.2) is 9.97 Å². The highest BCUT2D eigenvalue weighted by Gasteiger charge is 2.06. The van der Waals surface area contributed by atoms with Crippen LogP contribution in [0.2, 0.25) is 0 Å². The van der Waals surface area contributed by atoms with Crippen LogP contribution in [0.15, 0.2) is 36.7 Å². The molecule has 0 saturated carbocycles. The Morgan fingerprint density at radius 2 is 1.81 bits per heavy atom. The predicted octanol–water partition coefficient (Wildman–Crippen LogP) is 2.75. The third kappa shape index (κ3) is 2.46. The molecule has 4 nitrogen and oxygen atoms in total. The van der Waals surface area contributed by atoms with Crippen LogP contribution in [0.1, 0.15) is 5.69 Å². The van der Waals surface area contributed by atoms with Crippen LogP contribution < -0.4 is 4.74 Å². The summed E-state index contributed by atoms with van der Waals surface area (Å²) in [6.07, 6.45) is 2.95. The second kappa shape index (κ2) is 4.90. The number of hydrogen-bond donors (Lipinski definition) is 0. The van der Waals surface area contributed by atoms with E-state index in [1.165, 1.54) is 12.4 Å². The lowest BCUT2D eigenvalue weighted by Gasteiger charge is -2.04. The van der Waals surface area contributed by atoms with Crippen molar-refractivity contribution in [3.05, 3.63) is 45.9 Å². The fourth-order valence-corrected chi connectivity index (χ4v) is 1.45. The molecule has 0 bridgehead atoms. The number of benzene rings is 1. The fraction of sp³-hybridized carbons (Fsp3) is 0. The van der Waals surface area contributed by atoms with Gasteiger partial charge in [-0.1, -0.05) is 0 Å². The highest BCUT2D eigenvalue weighted by Crippen LogP contribution is 2.21. The molecule has 0 unspecified atom stereocenters. The zero-order valence-electron chi connectivity index (χ0n) is 8.09. The molecule has 0 N–H and O–H groups in total. The molecule has 1 heterocycles. The Labute approximate surface area is 106 Å². The lowest BCUT2D eigenvalue weighted by atomic mass is 10.3. The molecular weight excluding hydrogens is 317 g/mol. The van der Waals surface area contributed by atoms with Crippen molar-refractivity contribution >= 4 is 22.6 Å². The van der Waals surface area contributed by atoms with Crippen molar-refractivity contribution in [1.29, 1.82) is 5.26 Å². The average Bonchev–Trinajstić information content (AvgIpc) is 2.33. The minimum Gasteiger partial charge on any atom is -0.436 e. The minimum absolute atomic E-state index is 0.182. The van der Waals surface area contributed by atoms with Crippen molar-refractivity contribution < 1.29 is 4.74 Å². The van der Waals surface area contributed by atoms with E-state index >= 15 is 0 Å². The van der Waals surface area contributed by atoms with Gasteiger partial charge in [-0.15, -0.1) is 0 Å². The van der Waals surface area contributed by atoms with Crippen molar-refractivity contribution in [1.82, 2.24) is 9.97 Å². The predicted molar refractivity (Wildman–Crippen MR) is 66.0 cm³/mol. The molecule has 78 valence electrons. The highest BCUT2D eigenvalue weighted by atomic mass is 127. The van der Waals surface area contributed by atoms with Crippen LogP contribution in [0.25, 0.3) is 0 Å². The van der Waals surface area contributed by atoms with Crippen LogP contribution in [0.3, 0.4) is 0 Å². The van der Waals surface area contributed by atoms with E-state index in [2.05, 4.69) is 32.6 Å². The zero-order valence-corrected chi connectivity index (χ0v) is 10.2. The first-order valence-corrected chi connectivity index (χ1v) is 5.52. The van der Waals surface area contributed by atoms with Gasteiger partial charge in [-0.05, 0) is 46.9 Å². The normalized spacial score (nSPS) is 9.50. The molecule has 0 fully saturated rings. The number of rotatable bonds is 2. The van der Waals surface area contributed by atoms with Gasteiger partial charge in [0.2, 0.25) is 5.69 Å². The smallest absolute Gasteiger partial charge is 0.256 e. The first-order valence-electron chi connectivity index (χ1n) is 4.44. The Balaban J connectivity index is 2.27. The fourth-order valence-electron chi connectivity index (χ4n) is 1.09. The van der Waals surface area contributed by atoms with Crippen LogP contribution >= 0.6 is 22.6 Å². The van der Waals surface area contributed by atoms with Gasteiger partial charge in [-0.3, -0.25) is 0 Å². The third-order valence-corrected chi connectivity index (χ3v) is 2.52. The van der Waals surface area contributed by atoms with E-state index in [0.717, 1.165) is 3.57 Å². The minimum atomic E-state index is 0.182. The molecule has 0 aliphatic rings. The Morgan fingerprint density at radius 3 is 2.50 bits per heavy atom. The number of nitrogens with zero attached hydrogens (tertiary/aromatic N) is 3. The maximum absolute atomic E-state index is 8.81. The molecule has 0 aliphatic carbocycles. The number of nitriles is 1. The van der Waals surface area contributed by atoms with Crippen LogP contribution in [0, 0.1) is 14.9 Å². The lowest BCUT2D eigenvalue weighted by molar-refractivity contribution is 0.458. The Morgan fingerprint density at radius 1 is 1.12 bits per heavy atom. The monoisotopic (exact) mass is 323 g/mol. The Bertz CT molecular complexity index is 534. The molecule has 1 aromatic carbocycles. The second-order valence-corrected chi connectivity index (χ2v) is 4.12. The summed E-state index contributed by atoms with van der Waals surface area (Å²) in [4.78, 5) is 7.82. The molecule has 0 spiro atoms. The number of halogens is 1. The summed E-state index contributed by atoms with van der Waals surface area (Å²) >= 11 is 2.21. The van der Waals surface area contributed by atoms with E-state index in [9.17, 15) is 0 Å². The molecule has 2 aromatic rings. The molecule has 0 radical (unpaired) electrons. The standard InChI is InChI=1S/C11H6IN3O/c12-8-1-3-9(4-2-8)16-11-10(7-13)14-5-6-15-11/h1-6H. The Kier molecular flexibility index (Phi) is 3.31. The summed E-state index contributed by atoms with van der Waals surface area (Å²) < 4.78 is 6.57. The molecule has 0 amide bonds.